The van der Waals surface area contributed by atoms with E-state index in [1.165, 1.54) is 37.3 Å². The van der Waals surface area contributed by atoms with Crippen molar-refractivity contribution < 1.29 is 18.7 Å². The normalized spacial score (nSPS) is 10.5. The van der Waals surface area contributed by atoms with Crippen LogP contribution in [0.2, 0.25) is 5.02 Å². The van der Waals surface area contributed by atoms with E-state index in [-0.39, 0.29) is 11.7 Å². The second-order valence-electron chi connectivity index (χ2n) is 5.33. The average Bonchev–Trinajstić information content (AvgIpc) is 3.37. The molecular weight excluding hydrogens is 424 g/mol. The van der Waals surface area contributed by atoms with Crippen molar-refractivity contribution in [2.75, 3.05) is 30.6 Å². The minimum Gasteiger partial charge on any atom is -0.495 e. The Kier molecular flexibility index (Phi) is 7.01. The van der Waals surface area contributed by atoms with Crippen molar-refractivity contribution in [1.29, 1.82) is 0 Å². The number of carbonyl (C=O) groups is 1. The molecule has 0 unspecified atom stereocenters. The van der Waals surface area contributed by atoms with Crippen molar-refractivity contribution in [2.24, 2.45) is 0 Å². The van der Waals surface area contributed by atoms with Crippen LogP contribution in [0.1, 0.15) is 5.76 Å². The number of nitrogens with one attached hydrogen (secondary N) is 2. The van der Waals surface area contributed by atoms with Crippen LogP contribution in [0, 0.1) is 0 Å². The summed E-state index contributed by atoms with van der Waals surface area (Å²) in [7, 11) is 3.00. The Morgan fingerprint density at radius 1 is 1.29 bits per heavy atom. The maximum atomic E-state index is 12.3. The molecule has 2 N–H and O–H groups in total. The van der Waals surface area contributed by atoms with Gasteiger partial charge >= 0.3 is 0 Å². The minimum absolute atomic E-state index is 0.168. The van der Waals surface area contributed by atoms with Gasteiger partial charge in [-0.3, -0.25) is 4.79 Å². The van der Waals surface area contributed by atoms with Crippen LogP contribution in [-0.2, 0) is 11.3 Å². The second kappa shape index (κ2) is 9.67. The molecule has 0 atom stereocenters. The predicted molar refractivity (Wildman–Crippen MR) is 110 cm³/mol. The Bertz CT molecular complexity index is 933. The fraction of sp³-hybridized carbons (Fsp3) is 0.235. The Hall–Kier alpha value is -2.43. The molecule has 0 saturated heterocycles. The molecule has 0 saturated carbocycles. The van der Waals surface area contributed by atoms with Gasteiger partial charge in [0.05, 0.1) is 43.5 Å². The lowest BCUT2D eigenvalue weighted by atomic mass is 10.2. The first-order chi connectivity index (χ1) is 13.6. The number of hydrogen-bond acceptors (Lipinski definition) is 9. The number of benzene rings is 1. The standard InChI is InChI=1S/C17H17ClN4O4S2/c1-24-13-7-12(14(25-2)6-11(13)18)20-15(23)9-27-17-22-21-16(28-17)19-8-10-4-3-5-26-10/h3-7H,8-9H2,1-2H3,(H,19,21)(H,20,23). The summed E-state index contributed by atoms with van der Waals surface area (Å²) in [6.45, 7) is 0.519. The van der Waals surface area contributed by atoms with Gasteiger partial charge in [0.2, 0.25) is 11.0 Å². The molecule has 2 heterocycles. The molecule has 11 heteroatoms. The number of carbonyl (C=O) groups excluding carboxylic acids is 1. The van der Waals surface area contributed by atoms with E-state index < -0.39 is 0 Å². The van der Waals surface area contributed by atoms with E-state index in [9.17, 15) is 4.79 Å². The van der Waals surface area contributed by atoms with Gasteiger partial charge in [-0.05, 0) is 12.1 Å². The molecule has 3 rings (SSSR count). The topological polar surface area (TPSA) is 98.5 Å². The van der Waals surface area contributed by atoms with Gasteiger partial charge in [-0.25, -0.2) is 0 Å². The second-order valence-corrected chi connectivity index (χ2v) is 7.94. The number of thioether (sulfide) groups is 1. The van der Waals surface area contributed by atoms with Crippen LogP contribution < -0.4 is 20.1 Å². The van der Waals surface area contributed by atoms with Crippen LogP contribution in [0.5, 0.6) is 11.5 Å². The Balaban J connectivity index is 1.53. The number of furan rings is 1. The molecule has 0 radical (unpaired) electrons. The maximum Gasteiger partial charge on any atom is 0.234 e. The highest BCUT2D eigenvalue weighted by molar-refractivity contribution is 8.01. The molecule has 3 aromatic rings. The van der Waals surface area contributed by atoms with E-state index in [0.29, 0.717) is 38.2 Å². The fourth-order valence-electron chi connectivity index (χ4n) is 2.19. The van der Waals surface area contributed by atoms with E-state index in [1.54, 1.807) is 18.4 Å². The predicted octanol–water partition coefficient (Wildman–Crippen LogP) is 4.14. The zero-order valence-corrected chi connectivity index (χ0v) is 17.4. The van der Waals surface area contributed by atoms with E-state index >= 15 is 0 Å². The first kappa shape index (κ1) is 20.3. The molecule has 0 bridgehead atoms. The van der Waals surface area contributed by atoms with Gasteiger partial charge < -0.3 is 24.5 Å². The highest BCUT2D eigenvalue weighted by Crippen LogP contribution is 2.36. The molecule has 1 aromatic carbocycles. The average molecular weight is 441 g/mol. The zero-order chi connectivity index (χ0) is 19.9. The van der Waals surface area contributed by atoms with Crippen molar-refractivity contribution in [3.8, 4) is 11.5 Å². The SMILES string of the molecule is COc1cc(NC(=O)CSc2nnc(NCc3ccco3)s2)c(OC)cc1Cl. The van der Waals surface area contributed by atoms with Crippen LogP contribution >= 0.6 is 34.7 Å². The van der Waals surface area contributed by atoms with Crippen LogP contribution in [0.3, 0.4) is 0 Å². The molecule has 0 fully saturated rings. The summed E-state index contributed by atoms with van der Waals surface area (Å²) in [6, 6.07) is 6.90. The first-order valence-electron chi connectivity index (χ1n) is 8.03. The number of nitrogens with zero attached hydrogens (tertiary/aromatic N) is 2. The summed E-state index contributed by atoms with van der Waals surface area (Å²) < 4.78 is 16.4. The summed E-state index contributed by atoms with van der Waals surface area (Å²) in [4.78, 5) is 12.3. The fourth-order valence-corrected chi connectivity index (χ4v) is 3.97. The highest BCUT2D eigenvalue weighted by Gasteiger charge is 2.14. The summed E-state index contributed by atoms with van der Waals surface area (Å²) >= 11 is 8.73. The number of anilines is 2. The van der Waals surface area contributed by atoms with Gasteiger partial charge in [-0.1, -0.05) is 34.7 Å². The number of hydrogen-bond donors (Lipinski definition) is 2. The molecule has 1 amide bonds. The Labute approximate surface area is 174 Å². The van der Waals surface area contributed by atoms with Gasteiger partial charge in [0, 0.05) is 12.1 Å². The number of ether oxygens (including phenoxy) is 2. The highest BCUT2D eigenvalue weighted by atomic mass is 35.5. The molecule has 2 aromatic heterocycles. The maximum absolute atomic E-state index is 12.3. The van der Waals surface area contributed by atoms with Gasteiger partial charge in [0.1, 0.15) is 17.3 Å². The largest absolute Gasteiger partial charge is 0.495 e. The first-order valence-corrected chi connectivity index (χ1v) is 10.2. The Morgan fingerprint density at radius 2 is 2.11 bits per heavy atom. The van der Waals surface area contributed by atoms with Crippen molar-refractivity contribution in [3.05, 3.63) is 41.3 Å². The third kappa shape index (κ3) is 5.31. The van der Waals surface area contributed by atoms with Gasteiger partial charge in [-0.15, -0.1) is 10.2 Å². The zero-order valence-electron chi connectivity index (χ0n) is 15.0. The lowest BCUT2D eigenvalue weighted by Gasteiger charge is -2.12. The molecule has 8 nitrogen and oxygen atoms in total. The van der Waals surface area contributed by atoms with Crippen molar-refractivity contribution in [2.45, 2.75) is 10.9 Å². The molecule has 0 spiro atoms. The Morgan fingerprint density at radius 3 is 2.82 bits per heavy atom. The summed E-state index contributed by atoms with van der Waals surface area (Å²) in [6.07, 6.45) is 1.61. The van der Waals surface area contributed by atoms with Crippen LogP contribution in [0.15, 0.2) is 39.3 Å². The van der Waals surface area contributed by atoms with Gasteiger partial charge in [0.25, 0.3) is 0 Å². The molecular formula is C17H17ClN4O4S2. The van der Waals surface area contributed by atoms with Crippen molar-refractivity contribution in [3.63, 3.8) is 0 Å². The molecule has 0 aliphatic rings. The number of amides is 1. The van der Waals surface area contributed by atoms with Crippen molar-refractivity contribution >= 4 is 51.4 Å². The quantitative estimate of drug-likeness (QED) is 0.479. The summed E-state index contributed by atoms with van der Waals surface area (Å²) in [5.41, 5.74) is 0.479. The number of aromatic nitrogens is 2. The lowest BCUT2D eigenvalue weighted by Crippen LogP contribution is -2.14. The van der Waals surface area contributed by atoms with Crippen LogP contribution in [0.25, 0.3) is 0 Å². The number of rotatable bonds is 9. The van der Waals surface area contributed by atoms with E-state index in [2.05, 4.69) is 20.8 Å². The summed E-state index contributed by atoms with van der Waals surface area (Å²) in [5.74, 6) is 1.65. The minimum atomic E-state index is -0.215. The third-order valence-electron chi connectivity index (χ3n) is 3.48. The van der Waals surface area contributed by atoms with Gasteiger partial charge in [-0.2, -0.15) is 0 Å². The number of halogens is 1. The summed E-state index contributed by atoms with van der Waals surface area (Å²) in [5, 5.41) is 15.1. The lowest BCUT2D eigenvalue weighted by molar-refractivity contribution is -0.113. The van der Waals surface area contributed by atoms with Crippen LogP contribution in [-0.4, -0.2) is 36.1 Å². The van der Waals surface area contributed by atoms with Gasteiger partial charge in [0.15, 0.2) is 4.34 Å². The van der Waals surface area contributed by atoms with Crippen LogP contribution in [0.4, 0.5) is 10.8 Å². The van der Waals surface area contributed by atoms with Crippen molar-refractivity contribution in [1.82, 2.24) is 10.2 Å². The molecule has 0 aliphatic heterocycles. The monoisotopic (exact) mass is 440 g/mol. The van der Waals surface area contributed by atoms with E-state index in [0.717, 1.165) is 5.76 Å². The molecule has 28 heavy (non-hydrogen) atoms. The molecule has 148 valence electrons. The van der Waals surface area contributed by atoms with E-state index in [4.69, 9.17) is 25.5 Å². The smallest absolute Gasteiger partial charge is 0.234 e. The number of methoxy groups -OCH3 is 2. The molecule has 0 aliphatic carbocycles. The third-order valence-corrected chi connectivity index (χ3v) is 5.78. The van der Waals surface area contributed by atoms with E-state index in [1.807, 2.05) is 12.1 Å².